The maximum Gasteiger partial charge on any atom is 0.343 e. The van der Waals surface area contributed by atoms with Crippen molar-refractivity contribution in [3.8, 4) is 5.75 Å². The quantitative estimate of drug-likeness (QED) is 0.244. The molecule has 3 aromatic rings. The van der Waals surface area contributed by atoms with Gasteiger partial charge in [0.05, 0.1) is 31.8 Å². The van der Waals surface area contributed by atoms with Gasteiger partial charge < -0.3 is 9.47 Å². The Balaban J connectivity index is 1.62. The minimum absolute atomic E-state index is 0.0564. The van der Waals surface area contributed by atoms with Crippen LogP contribution >= 0.6 is 11.6 Å². The van der Waals surface area contributed by atoms with Crippen LogP contribution in [0, 0.1) is 0 Å². The van der Waals surface area contributed by atoms with Crippen molar-refractivity contribution in [1.29, 1.82) is 0 Å². The number of carbonyl (C=O) groups excluding carboxylic acids is 2. The van der Waals surface area contributed by atoms with Crippen molar-refractivity contribution in [2.24, 2.45) is 5.10 Å². The normalized spacial score (nSPS) is 11.2. The number of halogens is 1. The maximum atomic E-state index is 12.4. The summed E-state index contributed by atoms with van der Waals surface area (Å²) in [7, 11) is -2.33. The number of benzene rings is 3. The fourth-order valence-electron chi connectivity index (χ4n) is 3.04. The first kappa shape index (κ1) is 26.7. The molecule has 0 heterocycles. The summed E-state index contributed by atoms with van der Waals surface area (Å²) < 4.78 is 35.8. The zero-order valence-electron chi connectivity index (χ0n) is 19.5. The summed E-state index contributed by atoms with van der Waals surface area (Å²) in [6, 6.07) is 19.8. The van der Waals surface area contributed by atoms with Crippen LogP contribution in [0.25, 0.3) is 0 Å². The van der Waals surface area contributed by atoms with Crippen molar-refractivity contribution in [3.63, 3.8) is 0 Å². The SMILES string of the molecule is COC(=O)COc1ccc(C=NNC(=O)c2ccc(N(Cc3ccccc3Cl)S(C)(=O)=O)cc2)cc1. The van der Waals surface area contributed by atoms with Gasteiger partial charge in [0.1, 0.15) is 5.75 Å². The van der Waals surface area contributed by atoms with Crippen molar-refractivity contribution < 1.29 is 27.5 Å². The van der Waals surface area contributed by atoms with Gasteiger partial charge in [0.25, 0.3) is 5.91 Å². The Morgan fingerprint density at radius 3 is 2.31 bits per heavy atom. The third kappa shape index (κ3) is 7.56. The topological polar surface area (TPSA) is 114 Å². The number of rotatable bonds is 10. The number of hydrogen-bond acceptors (Lipinski definition) is 7. The molecule has 0 aliphatic carbocycles. The van der Waals surface area contributed by atoms with Crippen molar-refractivity contribution >= 4 is 45.4 Å². The van der Waals surface area contributed by atoms with Crippen LogP contribution in [0.4, 0.5) is 5.69 Å². The van der Waals surface area contributed by atoms with Crippen LogP contribution < -0.4 is 14.5 Å². The third-order valence-electron chi connectivity index (χ3n) is 4.93. The molecule has 3 rings (SSSR count). The van der Waals surface area contributed by atoms with Gasteiger partial charge in [-0.25, -0.2) is 18.6 Å². The van der Waals surface area contributed by atoms with Crippen molar-refractivity contribution in [2.75, 3.05) is 24.3 Å². The molecule has 0 unspecified atom stereocenters. The van der Waals surface area contributed by atoms with E-state index in [2.05, 4.69) is 15.3 Å². The van der Waals surface area contributed by atoms with Crippen LogP contribution in [0.2, 0.25) is 5.02 Å². The van der Waals surface area contributed by atoms with Crippen LogP contribution in [-0.2, 0) is 26.1 Å². The van der Waals surface area contributed by atoms with E-state index < -0.39 is 21.9 Å². The molecule has 0 saturated heterocycles. The van der Waals surface area contributed by atoms with Gasteiger partial charge in [-0.1, -0.05) is 29.8 Å². The average Bonchev–Trinajstić information content (AvgIpc) is 2.87. The Morgan fingerprint density at radius 2 is 1.69 bits per heavy atom. The van der Waals surface area contributed by atoms with Gasteiger partial charge in [-0.2, -0.15) is 5.10 Å². The first-order chi connectivity index (χ1) is 17.2. The molecule has 36 heavy (non-hydrogen) atoms. The summed E-state index contributed by atoms with van der Waals surface area (Å²) in [6.45, 7) is -0.137. The highest BCUT2D eigenvalue weighted by Crippen LogP contribution is 2.24. The molecule has 0 spiro atoms. The van der Waals surface area contributed by atoms with E-state index in [0.717, 1.165) is 6.26 Å². The predicted molar refractivity (Wildman–Crippen MR) is 138 cm³/mol. The Labute approximate surface area is 214 Å². The molecular formula is C25H24ClN3O6S. The third-order valence-corrected chi connectivity index (χ3v) is 6.44. The average molecular weight is 530 g/mol. The largest absolute Gasteiger partial charge is 0.482 e. The number of methoxy groups -OCH3 is 1. The summed E-state index contributed by atoms with van der Waals surface area (Å²) in [5.41, 5.74) is 4.47. The Hall–Kier alpha value is -3.89. The van der Waals surface area contributed by atoms with Crippen LogP contribution in [0.15, 0.2) is 77.9 Å². The number of amides is 1. The van der Waals surface area contributed by atoms with Gasteiger partial charge in [0, 0.05) is 10.6 Å². The lowest BCUT2D eigenvalue weighted by atomic mass is 10.2. The number of anilines is 1. The molecule has 0 fully saturated rings. The lowest BCUT2D eigenvalue weighted by molar-refractivity contribution is -0.142. The minimum Gasteiger partial charge on any atom is -0.482 e. The van der Waals surface area contributed by atoms with E-state index in [1.54, 1.807) is 60.7 Å². The van der Waals surface area contributed by atoms with Crippen molar-refractivity contribution in [1.82, 2.24) is 5.43 Å². The van der Waals surface area contributed by atoms with E-state index in [9.17, 15) is 18.0 Å². The second-order valence-corrected chi connectivity index (χ2v) is 9.85. The number of sulfonamides is 1. The molecule has 0 aromatic heterocycles. The lowest BCUT2D eigenvalue weighted by Crippen LogP contribution is -2.29. The first-order valence-corrected chi connectivity index (χ1v) is 12.8. The molecule has 0 radical (unpaired) electrons. The van der Waals surface area contributed by atoms with Crippen LogP contribution in [0.3, 0.4) is 0 Å². The fraction of sp³-hybridized carbons (Fsp3) is 0.160. The summed E-state index contributed by atoms with van der Waals surface area (Å²) in [6.07, 6.45) is 2.56. The van der Waals surface area contributed by atoms with Crippen LogP contribution in [0.5, 0.6) is 5.75 Å². The van der Waals surface area contributed by atoms with Gasteiger partial charge >= 0.3 is 5.97 Å². The molecule has 9 nitrogen and oxygen atoms in total. The Morgan fingerprint density at radius 1 is 1.03 bits per heavy atom. The smallest absolute Gasteiger partial charge is 0.343 e. The number of carbonyl (C=O) groups is 2. The van der Waals surface area contributed by atoms with Gasteiger partial charge in [0.2, 0.25) is 10.0 Å². The summed E-state index contributed by atoms with van der Waals surface area (Å²) in [5.74, 6) is -0.465. The highest BCUT2D eigenvalue weighted by molar-refractivity contribution is 7.92. The predicted octanol–water partition coefficient (Wildman–Crippen LogP) is 3.62. The van der Waals surface area contributed by atoms with Gasteiger partial charge in [-0.15, -0.1) is 0 Å². The standard InChI is InChI=1S/C25H24ClN3O6S/c1-34-24(30)17-35-22-13-7-18(8-14-22)15-27-28-25(31)19-9-11-21(12-10-19)29(36(2,32)33)16-20-5-3-4-6-23(20)26/h3-15H,16-17H2,1-2H3,(H,28,31). The van der Waals surface area contributed by atoms with E-state index in [1.807, 2.05) is 0 Å². The highest BCUT2D eigenvalue weighted by Gasteiger charge is 2.19. The molecule has 1 N–H and O–H groups in total. The van der Waals surface area contributed by atoms with Crippen molar-refractivity contribution in [3.05, 3.63) is 94.5 Å². The molecule has 0 saturated carbocycles. The number of esters is 1. The summed E-state index contributed by atoms with van der Waals surface area (Å²) in [4.78, 5) is 23.6. The Bertz CT molecular complexity index is 1340. The monoisotopic (exact) mass is 529 g/mol. The second-order valence-electron chi connectivity index (χ2n) is 7.54. The van der Waals surface area contributed by atoms with Gasteiger partial charge in [-0.05, 0) is 65.7 Å². The zero-order valence-corrected chi connectivity index (χ0v) is 21.1. The molecule has 3 aromatic carbocycles. The zero-order chi connectivity index (χ0) is 26.1. The number of nitrogens with zero attached hydrogens (tertiary/aromatic N) is 2. The maximum absolute atomic E-state index is 12.4. The number of nitrogens with one attached hydrogen (secondary N) is 1. The molecule has 0 bridgehead atoms. The molecule has 0 atom stereocenters. The first-order valence-electron chi connectivity index (χ1n) is 10.6. The molecular weight excluding hydrogens is 506 g/mol. The molecule has 11 heteroatoms. The van der Waals surface area contributed by atoms with Gasteiger partial charge in [0.15, 0.2) is 6.61 Å². The fourth-order valence-corrected chi connectivity index (χ4v) is 4.12. The van der Waals surface area contributed by atoms with Crippen LogP contribution in [-0.4, -0.2) is 46.5 Å². The van der Waals surface area contributed by atoms with E-state index in [1.165, 1.54) is 29.8 Å². The second kappa shape index (κ2) is 12.2. The highest BCUT2D eigenvalue weighted by atomic mass is 35.5. The Kier molecular flexibility index (Phi) is 9.04. The number of hydrogen-bond donors (Lipinski definition) is 1. The summed E-state index contributed by atoms with van der Waals surface area (Å²) in [5, 5.41) is 4.40. The minimum atomic E-state index is -3.60. The van der Waals surface area contributed by atoms with E-state index >= 15 is 0 Å². The molecule has 1 amide bonds. The molecule has 0 aliphatic rings. The van der Waals surface area contributed by atoms with Crippen LogP contribution in [0.1, 0.15) is 21.5 Å². The molecule has 0 aliphatic heterocycles. The van der Waals surface area contributed by atoms with Crippen molar-refractivity contribution in [2.45, 2.75) is 6.54 Å². The van der Waals surface area contributed by atoms with Gasteiger partial charge in [-0.3, -0.25) is 9.10 Å². The van der Waals surface area contributed by atoms with E-state index in [0.29, 0.717) is 33.1 Å². The summed E-state index contributed by atoms with van der Waals surface area (Å²) >= 11 is 6.19. The lowest BCUT2D eigenvalue weighted by Gasteiger charge is -2.23. The van der Waals surface area contributed by atoms with E-state index in [-0.39, 0.29) is 13.2 Å². The number of hydrazone groups is 1. The number of ether oxygens (including phenoxy) is 2. The molecule has 188 valence electrons. The van der Waals surface area contributed by atoms with E-state index in [4.69, 9.17) is 16.3 Å².